The van der Waals surface area contributed by atoms with E-state index in [0.29, 0.717) is 6.10 Å². The lowest BCUT2D eigenvalue weighted by Gasteiger charge is -2.22. The van der Waals surface area contributed by atoms with Crippen molar-refractivity contribution in [2.45, 2.75) is 45.5 Å². The van der Waals surface area contributed by atoms with E-state index in [4.69, 9.17) is 10.8 Å². The van der Waals surface area contributed by atoms with Crippen LogP contribution in [0.1, 0.15) is 19.8 Å². The zero-order valence-corrected chi connectivity index (χ0v) is 8.98. The summed E-state index contributed by atoms with van der Waals surface area (Å²) >= 11 is 0. The Morgan fingerprint density at radius 3 is 2.36 bits per heavy atom. The first-order valence-corrected chi connectivity index (χ1v) is 7.48. The minimum atomic E-state index is -1.34. The molecule has 0 bridgehead atoms. The molecule has 0 N–H and O–H groups in total. The fraction of sp³-hybridized carbons (Fsp3) is 0.778. The molecule has 0 aromatic carbocycles. The average molecular weight is 170 g/mol. The third kappa shape index (κ3) is 7.64. The van der Waals surface area contributed by atoms with Crippen LogP contribution in [0.25, 0.3) is 0 Å². The zero-order valence-electron chi connectivity index (χ0n) is 7.98. The van der Waals surface area contributed by atoms with Gasteiger partial charge >= 0.3 is 0 Å². The van der Waals surface area contributed by atoms with E-state index in [-0.39, 0.29) is 0 Å². The Morgan fingerprint density at radius 2 is 2.00 bits per heavy atom. The molecule has 0 saturated carbocycles. The van der Waals surface area contributed by atoms with Crippen LogP contribution in [0.2, 0.25) is 19.6 Å². The second kappa shape index (κ2) is 4.58. The molecule has 0 spiro atoms. The maximum absolute atomic E-state index is 5.78. The third-order valence-corrected chi connectivity index (χ3v) is 2.36. The van der Waals surface area contributed by atoms with Gasteiger partial charge in [-0.1, -0.05) is 0 Å². The normalized spacial score (nSPS) is 14.1. The van der Waals surface area contributed by atoms with E-state index in [9.17, 15) is 0 Å². The first-order chi connectivity index (χ1) is 4.95. The van der Waals surface area contributed by atoms with Crippen LogP contribution < -0.4 is 0 Å². The highest BCUT2D eigenvalue weighted by atomic mass is 28.4. The molecule has 0 rings (SSSR count). The van der Waals surface area contributed by atoms with Crippen LogP contribution in [0.3, 0.4) is 0 Å². The second-order valence-electron chi connectivity index (χ2n) is 3.78. The van der Waals surface area contributed by atoms with E-state index < -0.39 is 8.32 Å². The summed E-state index contributed by atoms with van der Waals surface area (Å²) in [4.78, 5) is 0. The number of rotatable bonds is 4. The predicted octanol–water partition coefficient (Wildman–Crippen LogP) is 2.64. The summed E-state index contributed by atoms with van der Waals surface area (Å²) in [6, 6.07) is 0. The van der Waals surface area contributed by atoms with Crippen molar-refractivity contribution in [1.29, 1.82) is 0 Å². The van der Waals surface area contributed by atoms with Crippen molar-refractivity contribution in [2.24, 2.45) is 0 Å². The quantitative estimate of drug-likeness (QED) is 0.465. The lowest BCUT2D eigenvalue weighted by molar-refractivity contribution is 0.205. The molecule has 0 heterocycles. The van der Waals surface area contributed by atoms with E-state index >= 15 is 0 Å². The van der Waals surface area contributed by atoms with Crippen LogP contribution in [-0.2, 0) is 4.43 Å². The Kier molecular flexibility index (Phi) is 4.47. The Hall–Kier alpha value is -0.263. The lowest BCUT2D eigenvalue weighted by Crippen LogP contribution is -2.30. The molecular formula is C9H18OSi. The standard InChI is InChI=1S/C9H18OSi/c1-6-7-8-9(2)10-11(3,4)5/h1,9H,7-8H2,2-5H3. The Labute approximate surface area is 71.3 Å². The van der Waals surface area contributed by atoms with Gasteiger partial charge in [0.1, 0.15) is 0 Å². The third-order valence-electron chi connectivity index (χ3n) is 1.25. The summed E-state index contributed by atoms with van der Waals surface area (Å²) in [7, 11) is -1.34. The summed E-state index contributed by atoms with van der Waals surface area (Å²) in [6.45, 7) is 8.67. The molecular weight excluding hydrogens is 152 g/mol. The van der Waals surface area contributed by atoms with Gasteiger partial charge in [-0.2, -0.15) is 0 Å². The predicted molar refractivity (Wildman–Crippen MR) is 52.0 cm³/mol. The molecule has 0 aliphatic rings. The topological polar surface area (TPSA) is 9.23 Å². The van der Waals surface area contributed by atoms with Crippen molar-refractivity contribution in [3.63, 3.8) is 0 Å². The summed E-state index contributed by atoms with van der Waals surface area (Å²) in [6.07, 6.45) is 7.29. The van der Waals surface area contributed by atoms with Crippen LogP contribution in [0.5, 0.6) is 0 Å². The minimum absolute atomic E-state index is 0.331. The zero-order chi connectivity index (χ0) is 8.91. The Morgan fingerprint density at radius 1 is 1.45 bits per heavy atom. The van der Waals surface area contributed by atoms with E-state index in [1.165, 1.54) is 0 Å². The highest BCUT2D eigenvalue weighted by Crippen LogP contribution is 2.10. The van der Waals surface area contributed by atoms with Gasteiger partial charge in [0, 0.05) is 12.5 Å². The van der Waals surface area contributed by atoms with Crippen LogP contribution in [0.4, 0.5) is 0 Å². The van der Waals surface area contributed by atoms with E-state index in [1.807, 2.05) is 0 Å². The van der Waals surface area contributed by atoms with Crippen molar-refractivity contribution in [3.05, 3.63) is 0 Å². The molecule has 1 atom stereocenters. The van der Waals surface area contributed by atoms with Gasteiger partial charge in [0.25, 0.3) is 0 Å². The van der Waals surface area contributed by atoms with Gasteiger partial charge in [-0.25, -0.2) is 0 Å². The van der Waals surface area contributed by atoms with Gasteiger partial charge < -0.3 is 4.43 Å². The van der Waals surface area contributed by atoms with Gasteiger partial charge in [-0.15, -0.1) is 12.3 Å². The first kappa shape index (κ1) is 10.7. The highest BCUT2D eigenvalue weighted by molar-refractivity contribution is 6.69. The molecule has 0 aromatic rings. The molecule has 64 valence electrons. The van der Waals surface area contributed by atoms with Gasteiger partial charge in [-0.05, 0) is 33.0 Å². The lowest BCUT2D eigenvalue weighted by atomic mass is 10.2. The van der Waals surface area contributed by atoms with Crippen molar-refractivity contribution >= 4 is 8.32 Å². The van der Waals surface area contributed by atoms with Crippen molar-refractivity contribution in [2.75, 3.05) is 0 Å². The largest absolute Gasteiger partial charge is 0.415 e. The van der Waals surface area contributed by atoms with Gasteiger partial charge in [0.05, 0.1) is 0 Å². The maximum Gasteiger partial charge on any atom is 0.184 e. The Bertz CT molecular complexity index is 141. The molecule has 0 saturated heterocycles. The van der Waals surface area contributed by atoms with E-state index in [0.717, 1.165) is 12.8 Å². The smallest absolute Gasteiger partial charge is 0.184 e. The fourth-order valence-corrected chi connectivity index (χ4v) is 2.27. The minimum Gasteiger partial charge on any atom is -0.415 e. The molecule has 0 aliphatic heterocycles. The Balaban J connectivity index is 3.54. The van der Waals surface area contributed by atoms with Crippen LogP contribution in [0, 0.1) is 12.3 Å². The molecule has 2 heteroatoms. The second-order valence-corrected chi connectivity index (χ2v) is 8.24. The average Bonchev–Trinajstić information content (AvgIpc) is 1.79. The molecule has 1 unspecified atom stereocenters. The van der Waals surface area contributed by atoms with Crippen molar-refractivity contribution < 1.29 is 4.43 Å². The summed E-state index contributed by atoms with van der Waals surface area (Å²) in [5.74, 6) is 2.62. The number of terminal acetylenes is 1. The van der Waals surface area contributed by atoms with Crippen LogP contribution in [-0.4, -0.2) is 14.4 Å². The molecule has 0 fully saturated rings. The summed E-state index contributed by atoms with van der Waals surface area (Å²) in [5.41, 5.74) is 0. The molecule has 0 aromatic heterocycles. The molecule has 0 radical (unpaired) electrons. The van der Waals surface area contributed by atoms with Crippen molar-refractivity contribution in [3.8, 4) is 12.3 Å². The van der Waals surface area contributed by atoms with Gasteiger partial charge in [0.2, 0.25) is 0 Å². The molecule has 11 heavy (non-hydrogen) atoms. The summed E-state index contributed by atoms with van der Waals surface area (Å²) < 4.78 is 5.78. The van der Waals surface area contributed by atoms with Crippen LogP contribution in [0.15, 0.2) is 0 Å². The SMILES string of the molecule is C#CCCC(C)O[Si](C)(C)C. The van der Waals surface area contributed by atoms with Crippen molar-refractivity contribution in [1.82, 2.24) is 0 Å². The molecule has 0 amide bonds. The molecule has 0 aliphatic carbocycles. The molecule has 1 nitrogen and oxygen atoms in total. The monoisotopic (exact) mass is 170 g/mol. The van der Waals surface area contributed by atoms with E-state index in [2.05, 4.69) is 32.5 Å². The summed E-state index contributed by atoms with van der Waals surface area (Å²) in [5, 5.41) is 0. The number of hydrogen-bond donors (Lipinski definition) is 0. The highest BCUT2D eigenvalue weighted by Gasteiger charge is 2.17. The number of hydrogen-bond acceptors (Lipinski definition) is 1. The van der Waals surface area contributed by atoms with Gasteiger partial charge in [-0.3, -0.25) is 0 Å². The van der Waals surface area contributed by atoms with Gasteiger partial charge in [0.15, 0.2) is 8.32 Å². The van der Waals surface area contributed by atoms with E-state index in [1.54, 1.807) is 0 Å². The maximum atomic E-state index is 5.78. The first-order valence-electron chi connectivity index (χ1n) is 4.07. The fourth-order valence-electron chi connectivity index (χ4n) is 0.949. The van der Waals surface area contributed by atoms with Crippen LogP contribution >= 0.6 is 0 Å².